The molecule has 1 heterocycles. The third-order valence-electron chi connectivity index (χ3n) is 4.97. The average Bonchev–Trinajstić information content (AvgIpc) is 3.44. The number of hydrogen-bond acceptors (Lipinski definition) is 3. The summed E-state index contributed by atoms with van der Waals surface area (Å²) in [5.41, 5.74) is 0. The van der Waals surface area contributed by atoms with E-state index in [0.717, 1.165) is 44.4 Å². The molecule has 0 unspecified atom stereocenters. The number of nitrogens with one attached hydrogen (secondary N) is 3. The number of likely N-dealkylation sites (tertiary alicyclic amines) is 1. The standard InChI is InChI=1S/C18H35N5O/c1-3-19-18(22-12-11-20-17(24)16-5-6-16)21-10-7-15-8-13-23(4-2)14-9-15/h15-16H,3-14H2,1-2H3,(H,20,24)(H2,19,21,22). The molecule has 0 bridgehead atoms. The molecule has 24 heavy (non-hydrogen) atoms. The number of hydrogen-bond donors (Lipinski definition) is 3. The molecule has 6 heteroatoms. The Morgan fingerprint density at radius 3 is 2.38 bits per heavy atom. The molecule has 1 saturated heterocycles. The van der Waals surface area contributed by atoms with E-state index in [1.807, 2.05) is 0 Å². The second-order valence-electron chi connectivity index (χ2n) is 6.92. The lowest BCUT2D eigenvalue weighted by atomic mass is 9.94. The first kappa shape index (κ1) is 19.0. The van der Waals surface area contributed by atoms with Gasteiger partial charge in [-0.3, -0.25) is 9.79 Å². The van der Waals surface area contributed by atoms with Gasteiger partial charge in [0.25, 0.3) is 0 Å². The first-order chi connectivity index (χ1) is 11.7. The van der Waals surface area contributed by atoms with Crippen molar-refractivity contribution in [2.45, 2.75) is 46.0 Å². The van der Waals surface area contributed by atoms with E-state index in [4.69, 9.17) is 0 Å². The van der Waals surface area contributed by atoms with Crippen LogP contribution in [0.2, 0.25) is 0 Å². The third-order valence-corrected chi connectivity index (χ3v) is 4.97. The van der Waals surface area contributed by atoms with Crippen LogP contribution in [0.1, 0.15) is 46.0 Å². The maximum atomic E-state index is 11.6. The second-order valence-corrected chi connectivity index (χ2v) is 6.92. The fourth-order valence-electron chi connectivity index (χ4n) is 3.15. The van der Waals surface area contributed by atoms with Crippen molar-refractivity contribution in [3.05, 3.63) is 0 Å². The number of amides is 1. The fourth-order valence-corrected chi connectivity index (χ4v) is 3.15. The fraction of sp³-hybridized carbons (Fsp3) is 0.889. The monoisotopic (exact) mass is 337 g/mol. The van der Waals surface area contributed by atoms with E-state index < -0.39 is 0 Å². The summed E-state index contributed by atoms with van der Waals surface area (Å²) < 4.78 is 0. The lowest BCUT2D eigenvalue weighted by Crippen LogP contribution is -2.42. The van der Waals surface area contributed by atoms with Gasteiger partial charge in [-0.05, 0) is 64.6 Å². The average molecular weight is 338 g/mol. The largest absolute Gasteiger partial charge is 0.357 e. The van der Waals surface area contributed by atoms with E-state index >= 15 is 0 Å². The van der Waals surface area contributed by atoms with Gasteiger partial charge in [-0.1, -0.05) is 6.92 Å². The quantitative estimate of drug-likeness (QED) is 0.336. The Morgan fingerprint density at radius 1 is 1.04 bits per heavy atom. The van der Waals surface area contributed by atoms with Crippen LogP contribution in [0.15, 0.2) is 4.99 Å². The molecule has 0 atom stereocenters. The van der Waals surface area contributed by atoms with Crippen LogP contribution in [0.4, 0.5) is 0 Å². The first-order valence-electron chi connectivity index (χ1n) is 9.75. The molecule has 0 aromatic carbocycles. The maximum Gasteiger partial charge on any atom is 0.223 e. The summed E-state index contributed by atoms with van der Waals surface area (Å²) in [6, 6.07) is 0. The Morgan fingerprint density at radius 2 is 1.75 bits per heavy atom. The molecule has 6 nitrogen and oxygen atoms in total. The van der Waals surface area contributed by atoms with Crippen LogP contribution < -0.4 is 16.0 Å². The summed E-state index contributed by atoms with van der Waals surface area (Å²) in [5, 5.41) is 9.55. The SMILES string of the molecule is CCNC(=NCCC1CCN(CC)CC1)NCCNC(=O)C1CC1. The molecule has 1 aliphatic heterocycles. The van der Waals surface area contributed by atoms with Crippen LogP contribution in [-0.2, 0) is 4.79 Å². The summed E-state index contributed by atoms with van der Waals surface area (Å²) in [6.45, 7) is 11.1. The Hall–Kier alpha value is -1.30. The van der Waals surface area contributed by atoms with Crippen molar-refractivity contribution in [1.29, 1.82) is 0 Å². The van der Waals surface area contributed by atoms with E-state index in [0.29, 0.717) is 6.54 Å². The molecule has 2 aliphatic rings. The highest BCUT2D eigenvalue weighted by Gasteiger charge is 2.28. The van der Waals surface area contributed by atoms with Crippen molar-refractivity contribution in [3.8, 4) is 0 Å². The predicted octanol–water partition coefficient (Wildman–Crippen LogP) is 1.19. The minimum atomic E-state index is 0.206. The van der Waals surface area contributed by atoms with Crippen LogP contribution in [0.3, 0.4) is 0 Å². The number of carbonyl (C=O) groups excluding carboxylic acids is 1. The number of rotatable bonds is 9. The highest BCUT2D eigenvalue weighted by atomic mass is 16.2. The molecule has 138 valence electrons. The summed E-state index contributed by atoms with van der Waals surface area (Å²) in [6.07, 6.45) is 5.90. The van der Waals surface area contributed by atoms with E-state index in [9.17, 15) is 4.79 Å². The van der Waals surface area contributed by atoms with Gasteiger partial charge < -0.3 is 20.9 Å². The lowest BCUT2D eigenvalue weighted by Gasteiger charge is -2.30. The van der Waals surface area contributed by atoms with Crippen molar-refractivity contribution < 1.29 is 4.79 Å². The minimum Gasteiger partial charge on any atom is -0.357 e. The van der Waals surface area contributed by atoms with Gasteiger partial charge in [0, 0.05) is 32.1 Å². The summed E-state index contributed by atoms with van der Waals surface area (Å²) in [7, 11) is 0. The van der Waals surface area contributed by atoms with E-state index in [1.165, 1.54) is 38.9 Å². The van der Waals surface area contributed by atoms with Gasteiger partial charge in [0.05, 0.1) is 0 Å². The highest BCUT2D eigenvalue weighted by molar-refractivity contribution is 5.81. The Bertz CT molecular complexity index is 400. The molecule has 0 radical (unpaired) electrons. The highest BCUT2D eigenvalue weighted by Crippen LogP contribution is 2.28. The van der Waals surface area contributed by atoms with Crippen molar-refractivity contribution in [1.82, 2.24) is 20.9 Å². The zero-order valence-electron chi connectivity index (χ0n) is 15.4. The number of aliphatic imine (C=N–C) groups is 1. The van der Waals surface area contributed by atoms with Crippen LogP contribution >= 0.6 is 0 Å². The van der Waals surface area contributed by atoms with E-state index in [1.54, 1.807) is 0 Å². The van der Waals surface area contributed by atoms with Gasteiger partial charge in [0.1, 0.15) is 0 Å². The second kappa shape index (κ2) is 10.5. The van der Waals surface area contributed by atoms with Crippen LogP contribution in [0.25, 0.3) is 0 Å². The van der Waals surface area contributed by atoms with Crippen molar-refractivity contribution in [3.63, 3.8) is 0 Å². The predicted molar refractivity (Wildman–Crippen MR) is 99.2 cm³/mol. The summed E-state index contributed by atoms with van der Waals surface area (Å²) in [5.74, 6) is 2.17. The molecule has 2 rings (SSSR count). The zero-order valence-corrected chi connectivity index (χ0v) is 15.4. The van der Waals surface area contributed by atoms with E-state index in [-0.39, 0.29) is 11.8 Å². The molecule has 2 fully saturated rings. The number of carbonyl (C=O) groups is 1. The Labute approximate surface area is 146 Å². The van der Waals surface area contributed by atoms with E-state index in [2.05, 4.69) is 39.7 Å². The molecule has 3 N–H and O–H groups in total. The molecular weight excluding hydrogens is 302 g/mol. The topological polar surface area (TPSA) is 68.8 Å². The summed E-state index contributed by atoms with van der Waals surface area (Å²) >= 11 is 0. The summed E-state index contributed by atoms with van der Waals surface area (Å²) in [4.78, 5) is 18.8. The lowest BCUT2D eigenvalue weighted by molar-refractivity contribution is -0.122. The van der Waals surface area contributed by atoms with Gasteiger partial charge in [-0.25, -0.2) is 0 Å². The Balaban J connectivity index is 1.59. The van der Waals surface area contributed by atoms with Crippen molar-refractivity contribution in [2.24, 2.45) is 16.8 Å². The molecule has 1 aliphatic carbocycles. The normalized spacial score (nSPS) is 20.0. The van der Waals surface area contributed by atoms with Gasteiger partial charge in [0.2, 0.25) is 5.91 Å². The minimum absolute atomic E-state index is 0.206. The molecule has 0 aromatic rings. The van der Waals surface area contributed by atoms with Crippen molar-refractivity contribution >= 4 is 11.9 Å². The third kappa shape index (κ3) is 7.07. The molecule has 1 amide bonds. The molecule has 1 saturated carbocycles. The first-order valence-corrected chi connectivity index (χ1v) is 9.75. The maximum absolute atomic E-state index is 11.6. The van der Waals surface area contributed by atoms with Gasteiger partial charge in [-0.15, -0.1) is 0 Å². The van der Waals surface area contributed by atoms with Crippen molar-refractivity contribution in [2.75, 3.05) is 45.8 Å². The van der Waals surface area contributed by atoms with Crippen LogP contribution in [-0.4, -0.2) is 62.6 Å². The van der Waals surface area contributed by atoms with Crippen LogP contribution in [0, 0.1) is 11.8 Å². The van der Waals surface area contributed by atoms with Gasteiger partial charge in [0.15, 0.2) is 5.96 Å². The van der Waals surface area contributed by atoms with Gasteiger partial charge in [-0.2, -0.15) is 0 Å². The zero-order chi connectivity index (χ0) is 17.2. The molecular formula is C18H35N5O. The number of nitrogens with zero attached hydrogens (tertiary/aromatic N) is 2. The van der Waals surface area contributed by atoms with Gasteiger partial charge >= 0.3 is 0 Å². The van der Waals surface area contributed by atoms with Crippen LogP contribution in [0.5, 0.6) is 0 Å². The Kier molecular flexibility index (Phi) is 8.36. The number of piperidine rings is 1. The molecule has 0 aromatic heterocycles. The number of guanidine groups is 1. The smallest absolute Gasteiger partial charge is 0.223 e. The molecule has 0 spiro atoms.